The monoisotopic (exact) mass is 557 g/mol. The Morgan fingerprint density at radius 1 is 1.15 bits per heavy atom. The van der Waals surface area contributed by atoms with E-state index < -0.39 is 0 Å². The first kappa shape index (κ1) is 27.0. The fraction of sp³-hybridized carbons (Fsp3) is 0.448. The lowest BCUT2D eigenvalue weighted by molar-refractivity contribution is 0.0915. The van der Waals surface area contributed by atoms with Crippen LogP contribution in [0.4, 0.5) is 11.6 Å². The zero-order chi connectivity index (χ0) is 28.6. The number of nitrogens with zero attached hydrogens (tertiary/aromatic N) is 7. The number of carbonyl (C=O) groups excluding carboxylic acids is 1. The summed E-state index contributed by atoms with van der Waals surface area (Å²) in [5.74, 6) is 0.634. The first-order valence-electron chi connectivity index (χ1n) is 13.9. The molecule has 2 aliphatic heterocycles. The van der Waals surface area contributed by atoms with Gasteiger partial charge in [0.15, 0.2) is 0 Å². The number of hydrogen-bond donors (Lipinski definition) is 2. The van der Waals surface area contributed by atoms with Crippen LogP contribution in [-0.4, -0.2) is 66.5 Å². The Hall–Kier alpha value is -4.16. The predicted octanol–water partition coefficient (Wildman–Crippen LogP) is 3.77. The van der Waals surface area contributed by atoms with Gasteiger partial charge in [0.05, 0.1) is 30.2 Å². The molecular formula is C29H35N9O3. The Bertz CT molecular complexity index is 1530. The number of carbonyl (C=O) groups is 1. The van der Waals surface area contributed by atoms with Crippen LogP contribution in [-0.2, 0) is 23.7 Å². The van der Waals surface area contributed by atoms with E-state index in [9.17, 15) is 4.79 Å². The Labute approximate surface area is 238 Å². The van der Waals surface area contributed by atoms with Crippen molar-refractivity contribution in [3.8, 4) is 11.3 Å². The molecule has 1 saturated heterocycles. The lowest BCUT2D eigenvalue weighted by Gasteiger charge is -2.26. The van der Waals surface area contributed by atoms with Crippen LogP contribution in [0.1, 0.15) is 67.3 Å². The minimum atomic E-state index is -0.344. The smallest absolute Gasteiger partial charge is 0.293 e. The second-order valence-corrected chi connectivity index (χ2v) is 11.7. The summed E-state index contributed by atoms with van der Waals surface area (Å²) in [4.78, 5) is 29.2. The summed E-state index contributed by atoms with van der Waals surface area (Å²) in [5.41, 5.74) is 4.47. The molecule has 6 rings (SSSR count). The molecule has 0 spiro atoms. The molecule has 0 saturated carbocycles. The van der Waals surface area contributed by atoms with Gasteiger partial charge in [0.1, 0.15) is 0 Å². The molecule has 2 N–H and O–H groups in total. The summed E-state index contributed by atoms with van der Waals surface area (Å²) < 4.78 is 12.8. The summed E-state index contributed by atoms with van der Waals surface area (Å²) in [6.07, 6.45) is 7.10. The van der Waals surface area contributed by atoms with E-state index in [1.54, 1.807) is 17.1 Å². The summed E-state index contributed by atoms with van der Waals surface area (Å²) >= 11 is 0. The fourth-order valence-electron chi connectivity index (χ4n) is 5.30. The quantitative estimate of drug-likeness (QED) is 0.361. The van der Waals surface area contributed by atoms with Crippen molar-refractivity contribution >= 4 is 17.5 Å². The highest BCUT2D eigenvalue weighted by Gasteiger charge is 2.31. The average Bonchev–Trinajstić information content (AvgIpc) is 3.71. The number of ether oxygens (including phenoxy) is 1. The number of aromatic nitrogens is 6. The largest absolute Gasteiger partial charge is 0.380 e. The number of benzene rings is 1. The van der Waals surface area contributed by atoms with Gasteiger partial charge in [0, 0.05) is 56.2 Å². The molecule has 1 aromatic carbocycles. The Balaban J connectivity index is 1.28. The summed E-state index contributed by atoms with van der Waals surface area (Å²) in [6, 6.07) is 8.36. The van der Waals surface area contributed by atoms with E-state index in [0.717, 1.165) is 67.2 Å². The average molecular weight is 558 g/mol. The molecule has 0 unspecified atom stereocenters. The van der Waals surface area contributed by atoms with Crippen LogP contribution in [0.25, 0.3) is 11.3 Å². The van der Waals surface area contributed by atoms with E-state index in [-0.39, 0.29) is 23.2 Å². The first-order chi connectivity index (χ1) is 19.7. The minimum Gasteiger partial charge on any atom is -0.380 e. The van der Waals surface area contributed by atoms with Gasteiger partial charge in [-0.2, -0.15) is 10.1 Å². The molecule has 12 heteroatoms. The molecule has 0 radical (unpaired) electrons. The van der Waals surface area contributed by atoms with Crippen LogP contribution in [0.15, 0.2) is 47.4 Å². The van der Waals surface area contributed by atoms with Crippen LogP contribution in [0.5, 0.6) is 0 Å². The number of amides is 1. The van der Waals surface area contributed by atoms with Crippen molar-refractivity contribution in [2.75, 3.05) is 25.1 Å². The Morgan fingerprint density at radius 2 is 2.02 bits per heavy atom. The van der Waals surface area contributed by atoms with Crippen LogP contribution < -0.4 is 10.6 Å². The highest BCUT2D eigenvalue weighted by atomic mass is 16.5. The maximum Gasteiger partial charge on any atom is 0.293 e. The van der Waals surface area contributed by atoms with Crippen molar-refractivity contribution in [1.82, 2.24) is 40.1 Å². The van der Waals surface area contributed by atoms with Crippen molar-refractivity contribution < 1.29 is 14.1 Å². The normalized spacial score (nSPS) is 19.5. The van der Waals surface area contributed by atoms with E-state index >= 15 is 0 Å². The Morgan fingerprint density at radius 3 is 2.76 bits per heavy atom. The number of nitrogens with one attached hydrogen (secondary N) is 2. The highest BCUT2D eigenvalue weighted by molar-refractivity contribution is 5.90. The van der Waals surface area contributed by atoms with E-state index in [4.69, 9.17) is 14.2 Å². The van der Waals surface area contributed by atoms with Gasteiger partial charge in [0.25, 0.3) is 11.7 Å². The fourth-order valence-corrected chi connectivity index (χ4v) is 5.30. The van der Waals surface area contributed by atoms with Crippen LogP contribution >= 0.6 is 0 Å². The minimum absolute atomic E-state index is 0.0491. The predicted molar refractivity (Wildman–Crippen MR) is 151 cm³/mol. The van der Waals surface area contributed by atoms with Crippen LogP contribution in [0, 0.1) is 0 Å². The molecular weight excluding hydrogens is 522 g/mol. The van der Waals surface area contributed by atoms with Crippen molar-refractivity contribution in [1.29, 1.82) is 0 Å². The van der Waals surface area contributed by atoms with Crippen molar-refractivity contribution in [3.05, 3.63) is 65.7 Å². The van der Waals surface area contributed by atoms with Gasteiger partial charge in [-0.3, -0.25) is 14.4 Å². The van der Waals surface area contributed by atoms with Gasteiger partial charge in [-0.15, -0.1) is 0 Å². The van der Waals surface area contributed by atoms with E-state index in [2.05, 4.69) is 54.0 Å². The summed E-state index contributed by atoms with van der Waals surface area (Å²) in [7, 11) is 1.86. The second-order valence-electron chi connectivity index (χ2n) is 11.7. The van der Waals surface area contributed by atoms with E-state index in [1.165, 1.54) is 0 Å². The summed E-state index contributed by atoms with van der Waals surface area (Å²) in [5, 5.41) is 14.5. The number of fused-ring (bicyclic) bond motifs is 1. The molecule has 214 valence electrons. The number of hydrogen-bond acceptors (Lipinski definition) is 10. The Kier molecular flexibility index (Phi) is 7.26. The van der Waals surface area contributed by atoms with Gasteiger partial charge in [-0.1, -0.05) is 38.1 Å². The van der Waals surface area contributed by atoms with Gasteiger partial charge < -0.3 is 19.9 Å². The molecule has 3 aromatic heterocycles. The topological polar surface area (TPSA) is 136 Å². The van der Waals surface area contributed by atoms with Gasteiger partial charge in [0.2, 0.25) is 11.8 Å². The number of anilines is 2. The number of aryl methyl sites for hydroxylation is 1. The third kappa shape index (κ3) is 5.98. The SMILES string of the molecule is Cn1cc(Nc2nccc(-c3ccc4c(c3)CN([C@@H]3CCOC3)CC[C@@H]4NC(=O)c3noc(C(C)(C)C)n3)n2)cn1. The third-order valence-corrected chi connectivity index (χ3v) is 7.51. The maximum atomic E-state index is 13.2. The highest BCUT2D eigenvalue weighted by Crippen LogP contribution is 2.33. The van der Waals surface area contributed by atoms with Crippen molar-refractivity contribution in [2.45, 2.75) is 57.7 Å². The van der Waals surface area contributed by atoms with E-state index in [1.807, 2.05) is 40.1 Å². The molecule has 1 fully saturated rings. The molecule has 5 heterocycles. The maximum absolute atomic E-state index is 13.2. The first-order valence-corrected chi connectivity index (χ1v) is 13.9. The molecule has 2 atom stereocenters. The summed E-state index contributed by atoms with van der Waals surface area (Å²) in [6.45, 7) is 8.99. The van der Waals surface area contributed by atoms with Crippen LogP contribution in [0.3, 0.4) is 0 Å². The van der Waals surface area contributed by atoms with Gasteiger partial charge >= 0.3 is 0 Å². The van der Waals surface area contributed by atoms with E-state index in [0.29, 0.717) is 17.9 Å². The standard InChI is InChI=1S/C29H35N9O3/c1-29(2,3)27-35-25(36-41-27)26(39)33-24-8-11-38(21-9-12-40-17-21)15-19-13-18(5-6-22(19)24)23-7-10-30-28(34-23)32-20-14-31-37(4)16-20/h5-7,10,13-14,16,21,24H,8-9,11-12,15,17H2,1-4H3,(H,33,39)(H,30,32,34)/t21-,24+/m1/s1. The van der Waals surface area contributed by atoms with Crippen molar-refractivity contribution in [2.24, 2.45) is 7.05 Å². The van der Waals surface area contributed by atoms with Gasteiger partial charge in [-0.25, -0.2) is 9.97 Å². The van der Waals surface area contributed by atoms with Crippen LogP contribution in [0.2, 0.25) is 0 Å². The molecule has 41 heavy (non-hydrogen) atoms. The zero-order valence-corrected chi connectivity index (χ0v) is 23.8. The second kappa shape index (κ2) is 11.0. The molecule has 2 aliphatic rings. The lowest BCUT2D eigenvalue weighted by atomic mass is 9.96. The van der Waals surface area contributed by atoms with Gasteiger partial charge in [-0.05, 0) is 36.1 Å². The molecule has 1 amide bonds. The molecule has 4 aromatic rings. The van der Waals surface area contributed by atoms with Crippen molar-refractivity contribution in [3.63, 3.8) is 0 Å². The molecule has 0 bridgehead atoms. The zero-order valence-electron chi connectivity index (χ0n) is 23.8. The third-order valence-electron chi connectivity index (χ3n) is 7.51. The molecule has 12 nitrogen and oxygen atoms in total. The number of rotatable bonds is 6. The lowest BCUT2D eigenvalue weighted by Crippen LogP contribution is -2.36. The molecule has 0 aliphatic carbocycles.